The van der Waals surface area contributed by atoms with Crippen LogP contribution in [0.5, 0.6) is 0 Å². The number of nitrogens with zero attached hydrogens (tertiary/aromatic N) is 2. The van der Waals surface area contributed by atoms with Crippen LogP contribution in [0.25, 0.3) is 11.0 Å². The zero-order valence-corrected chi connectivity index (χ0v) is 11.4. The molecule has 0 aliphatic rings. The molecule has 6 heteroatoms. The number of hydrogen-bond acceptors (Lipinski definition) is 3. The van der Waals surface area contributed by atoms with Crippen LogP contribution >= 0.6 is 0 Å². The van der Waals surface area contributed by atoms with E-state index in [4.69, 9.17) is 9.52 Å². The molecule has 0 atom stereocenters. The molecule has 2 aromatic heterocycles. The maximum absolute atomic E-state index is 12.4. The molecule has 0 aliphatic carbocycles. The average Bonchev–Trinajstić information content (AvgIpc) is 3.04. The van der Waals surface area contributed by atoms with Gasteiger partial charge in [-0.2, -0.15) is 0 Å². The second kappa shape index (κ2) is 4.97. The molecule has 0 bridgehead atoms. The van der Waals surface area contributed by atoms with Crippen molar-refractivity contribution >= 4 is 17.0 Å². The molecule has 108 valence electrons. The number of para-hydroxylation sites is 2. The van der Waals surface area contributed by atoms with Crippen molar-refractivity contribution in [1.29, 1.82) is 0 Å². The third kappa shape index (κ3) is 2.14. The lowest BCUT2D eigenvalue weighted by atomic mass is 10.3. The number of benzene rings is 1. The molecule has 3 aromatic rings. The summed E-state index contributed by atoms with van der Waals surface area (Å²) in [7, 11) is 0. The van der Waals surface area contributed by atoms with Gasteiger partial charge in [-0.25, -0.2) is 9.59 Å². The number of hydrogen-bond donors (Lipinski definition) is 1. The van der Waals surface area contributed by atoms with E-state index in [0.29, 0.717) is 12.3 Å². The van der Waals surface area contributed by atoms with Gasteiger partial charge in [0.05, 0.1) is 23.1 Å². The van der Waals surface area contributed by atoms with Gasteiger partial charge in [0.15, 0.2) is 0 Å². The fourth-order valence-corrected chi connectivity index (χ4v) is 2.46. The summed E-state index contributed by atoms with van der Waals surface area (Å²) in [5, 5.41) is 8.90. The first-order valence-electron chi connectivity index (χ1n) is 6.60. The second-order valence-corrected chi connectivity index (χ2v) is 4.71. The fraction of sp³-hybridized carbons (Fsp3) is 0.200. The first-order chi connectivity index (χ1) is 10.1. The minimum absolute atomic E-state index is 0.0808. The van der Waals surface area contributed by atoms with Crippen LogP contribution in [0.2, 0.25) is 0 Å². The lowest BCUT2D eigenvalue weighted by molar-refractivity contribution is 0.0696. The Morgan fingerprint density at radius 3 is 2.48 bits per heavy atom. The Kier molecular flexibility index (Phi) is 3.13. The molecule has 1 N–H and O–H groups in total. The topological polar surface area (TPSA) is 77.4 Å². The van der Waals surface area contributed by atoms with Crippen molar-refractivity contribution in [2.75, 3.05) is 0 Å². The first-order valence-corrected chi connectivity index (χ1v) is 6.60. The van der Waals surface area contributed by atoms with Gasteiger partial charge in [0.2, 0.25) is 0 Å². The molecule has 0 saturated carbocycles. The zero-order chi connectivity index (χ0) is 15.0. The predicted molar refractivity (Wildman–Crippen MR) is 76.6 cm³/mol. The maximum atomic E-state index is 12.4. The molecule has 0 amide bonds. The Bertz CT molecular complexity index is 869. The van der Waals surface area contributed by atoms with Crippen molar-refractivity contribution < 1.29 is 14.3 Å². The van der Waals surface area contributed by atoms with Gasteiger partial charge in [-0.3, -0.25) is 9.13 Å². The van der Waals surface area contributed by atoms with E-state index in [-0.39, 0.29) is 17.8 Å². The third-order valence-corrected chi connectivity index (χ3v) is 3.46. The molecule has 1 aromatic carbocycles. The SMILES string of the molecule is CCn1c(=O)n(Cc2cc(C(=O)O)co2)c2ccccc21. The lowest BCUT2D eigenvalue weighted by Crippen LogP contribution is -2.24. The van der Waals surface area contributed by atoms with E-state index < -0.39 is 5.97 Å². The Balaban J connectivity index is 2.09. The van der Waals surface area contributed by atoms with Crippen LogP contribution in [0.1, 0.15) is 23.0 Å². The van der Waals surface area contributed by atoms with Crippen LogP contribution in [0, 0.1) is 0 Å². The summed E-state index contributed by atoms with van der Waals surface area (Å²) < 4.78 is 8.49. The Morgan fingerprint density at radius 2 is 1.90 bits per heavy atom. The zero-order valence-electron chi connectivity index (χ0n) is 11.4. The van der Waals surface area contributed by atoms with Gasteiger partial charge in [-0.15, -0.1) is 0 Å². The van der Waals surface area contributed by atoms with Crippen molar-refractivity contribution in [2.24, 2.45) is 0 Å². The Morgan fingerprint density at radius 1 is 1.24 bits per heavy atom. The summed E-state index contributed by atoms with van der Waals surface area (Å²) >= 11 is 0. The monoisotopic (exact) mass is 286 g/mol. The summed E-state index contributed by atoms with van der Waals surface area (Å²) in [5.41, 5.74) is 1.61. The summed E-state index contributed by atoms with van der Waals surface area (Å²) in [6.07, 6.45) is 1.18. The number of fused-ring (bicyclic) bond motifs is 1. The number of carboxylic acid groups (broad SMARTS) is 1. The number of rotatable bonds is 4. The van der Waals surface area contributed by atoms with Crippen LogP contribution in [-0.2, 0) is 13.1 Å². The minimum atomic E-state index is -1.05. The van der Waals surface area contributed by atoms with Crippen molar-refractivity contribution in [2.45, 2.75) is 20.0 Å². The highest BCUT2D eigenvalue weighted by Crippen LogP contribution is 2.15. The molecule has 0 unspecified atom stereocenters. The number of imidazole rings is 1. The normalized spacial score (nSPS) is 11.1. The van der Waals surface area contributed by atoms with E-state index in [9.17, 15) is 9.59 Å². The molecule has 3 rings (SSSR count). The predicted octanol–water partition coefficient (Wildman–Crippen LogP) is 2.16. The lowest BCUT2D eigenvalue weighted by Gasteiger charge is -1.99. The molecule has 2 heterocycles. The molecule has 6 nitrogen and oxygen atoms in total. The van der Waals surface area contributed by atoms with Gasteiger partial charge in [0.25, 0.3) is 0 Å². The van der Waals surface area contributed by atoms with Crippen LogP contribution in [0.15, 0.2) is 45.8 Å². The van der Waals surface area contributed by atoms with Crippen LogP contribution in [0.3, 0.4) is 0 Å². The summed E-state index contributed by atoms with van der Waals surface area (Å²) in [6, 6.07) is 8.94. The summed E-state index contributed by atoms with van der Waals surface area (Å²) in [4.78, 5) is 23.3. The number of carboxylic acids is 1. The molecule has 0 fully saturated rings. The van der Waals surface area contributed by atoms with E-state index in [2.05, 4.69) is 0 Å². The Labute approximate surface area is 119 Å². The van der Waals surface area contributed by atoms with Gasteiger partial charge in [0, 0.05) is 6.54 Å². The highest BCUT2D eigenvalue weighted by atomic mass is 16.4. The van der Waals surface area contributed by atoms with Crippen LogP contribution in [0.4, 0.5) is 0 Å². The number of aromatic nitrogens is 2. The average molecular weight is 286 g/mol. The van der Waals surface area contributed by atoms with Crippen molar-refractivity contribution in [1.82, 2.24) is 9.13 Å². The third-order valence-electron chi connectivity index (χ3n) is 3.46. The first kappa shape index (κ1) is 13.2. The number of furan rings is 1. The van der Waals surface area contributed by atoms with Crippen LogP contribution in [-0.4, -0.2) is 20.2 Å². The van der Waals surface area contributed by atoms with E-state index in [1.165, 1.54) is 12.3 Å². The molecular weight excluding hydrogens is 272 g/mol. The molecule has 0 radical (unpaired) electrons. The highest BCUT2D eigenvalue weighted by Gasteiger charge is 2.14. The number of aromatic carboxylic acids is 1. The maximum Gasteiger partial charge on any atom is 0.338 e. The molecular formula is C15H14N2O4. The number of aryl methyl sites for hydroxylation is 1. The highest BCUT2D eigenvalue weighted by molar-refractivity contribution is 5.87. The van der Waals surface area contributed by atoms with E-state index in [1.54, 1.807) is 9.13 Å². The smallest absolute Gasteiger partial charge is 0.338 e. The van der Waals surface area contributed by atoms with Crippen molar-refractivity contribution in [3.05, 3.63) is 58.4 Å². The summed E-state index contributed by atoms with van der Waals surface area (Å²) in [6.45, 7) is 2.69. The van der Waals surface area contributed by atoms with Crippen LogP contribution < -0.4 is 5.69 Å². The van der Waals surface area contributed by atoms with Gasteiger partial charge < -0.3 is 9.52 Å². The standard InChI is InChI=1S/C15H14N2O4/c1-2-16-12-5-3-4-6-13(12)17(15(16)20)8-11-7-10(9-21-11)14(18)19/h3-7,9H,2,8H2,1H3,(H,18,19). The molecule has 21 heavy (non-hydrogen) atoms. The van der Waals surface area contributed by atoms with Crippen molar-refractivity contribution in [3.8, 4) is 0 Å². The van der Waals surface area contributed by atoms with E-state index in [1.807, 2.05) is 31.2 Å². The van der Waals surface area contributed by atoms with Gasteiger partial charge in [-0.05, 0) is 25.1 Å². The molecule has 0 aliphatic heterocycles. The Hall–Kier alpha value is -2.76. The van der Waals surface area contributed by atoms with Crippen molar-refractivity contribution in [3.63, 3.8) is 0 Å². The van der Waals surface area contributed by atoms with Gasteiger partial charge in [-0.1, -0.05) is 12.1 Å². The van der Waals surface area contributed by atoms with E-state index in [0.717, 1.165) is 11.0 Å². The van der Waals surface area contributed by atoms with E-state index >= 15 is 0 Å². The minimum Gasteiger partial charge on any atom is -0.478 e. The fourth-order valence-electron chi connectivity index (χ4n) is 2.46. The second-order valence-electron chi connectivity index (χ2n) is 4.71. The summed E-state index contributed by atoms with van der Waals surface area (Å²) in [5.74, 6) is -0.609. The molecule has 0 spiro atoms. The quantitative estimate of drug-likeness (QED) is 0.797. The molecule has 0 saturated heterocycles. The largest absolute Gasteiger partial charge is 0.478 e. The number of carbonyl (C=O) groups is 1. The van der Waals surface area contributed by atoms with Gasteiger partial charge >= 0.3 is 11.7 Å². The van der Waals surface area contributed by atoms with Gasteiger partial charge in [0.1, 0.15) is 12.0 Å².